The van der Waals surface area contributed by atoms with E-state index in [0.717, 1.165) is 5.56 Å². The lowest BCUT2D eigenvalue weighted by atomic mass is 10.1. The predicted molar refractivity (Wildman–Crippen MR) is 86.1 cm³/mol. The topological polar surface area (TPSA) is 59.6 Å². The van der Waals surface area contributed by atoms with Gasteiger partial charge in [-0.25, -0.2) is 9.38 Å². The first kappa shape index (κ1) is 17.8. The van der Waals surface area contributed by atoms with E-state index in [9.17, 15) is 4.39 Å². The Labute approximate surface area is 130 Å². The van der Waals surface area contributed by atoms with E-state index in [1.165, 1.54) is 13.2 Å². The van der Waals surface area contributed by atoms with Gasteiger partial charge in [0.05, 0.1) is 13.2 Å². The molecule has 0 radical (unpaired) electrons. The Morgan fingerprint density at radius 2 is 2.32 bits per heavy atom. The lowest BCUT2D eigenvalue weighted by molar-refractivity contribution is 0.181. The number of methoxy groups -OCH3 is 1. The highest BCUT2D eigenvalue weighted by molar-refractivity contribution is 14.0. The first-order valence-corrected chi connectivity index (χ1v) is 5.58. The number of aliphatic imine (C=N–C) groups is 1. The number of hydrogen-bond donors (Lipinski definition) is 2. The second-order valence-electron chi connectivity index (χ2n) is 3.73. The summed E-state index contributed by atoms with van der Waals surface area (Å²) in [7, 11) is 1.53. The third kappa shape index (κ3) is 6.53. The summed E-state index contributed by atoms with van der Waals surface area (Å²) < 4.78 is 18.3. The Morgan fingerprint density at radius 3 is 2.95 bits per heavy atom. The minimum atomic E-state index is -0.276. The van der Waals surface area contributed by atoms with Crippen molar-refractivity contribution in [1.29, 1.82) is 0 Å². The van der Waals surface area contributed by atoms with Gasteiger partial charge in [-0.1, -0.05) is 12.1 Å². The van der Waals surface area contributed by atoms with Crippen LogP contribution in [0.5, 0.6) is 0 Å². The molecule has 0 atom stereocenters. The van der Waals surface area contributed by atoms with Crippen molar-refractivity contribution in [3.63, 3.8) is 0 Å². The van der Waals surface area contributed by atoms with Crippen LogP contribution >= 0.6 is 24.0 Å². The van der Waals surface area contributed by atoms with Crippen molar-refractivity contribution in [3.8, 4) is 0 Å². The molecule has 1 rings (SSSR count). The molecule has 6 heteroatoms. The maximum absolute atomic E-state index is 13.4. The molecule has 0 fully saturated rings. The molecule has 0 aliphatic rings. The molecule has 0 saturated carbocycles. The van der Waals surface area contributed by atoms with Crippen LogP contribution in [0.1, 0.15) is 11.1 Å². The first-order chi connectivity index (χ1) is 8.67. The summed E-state index contributed by atoms with van der Waals surface area (Å²) in [6.07, 6.45) is 1.69. The van der Waals surface area contributed by atoms with E-state index in [1.54, 1.807) is 18.2 Å². The third-order valence-corrected chi connectivity index (χ3v) is 2.27. The molecule has 0 amide bonds. The third-order valence-electron chi connectivity index (χ3n) is 2.27. The maximum atomic E-state index is 13.4. The van der Waals surface area contributed by atoms with Crippen molar-refractivity contribution in [1.82, 2.24) is 5.32 Å². The van der Waals surface area contributed by atoms with E-state index < -0.39 is 0 Å². The number of hydrogen-bond acceptors (Lipinski definition) is 2. The zero-order valence-corrected chi connectivity index (χ0v) is 13.2. The van der Waals surface area contributed by atoms with Gasteiger partial charge >= 0.3 is 0 Å². The lowest BCUT2D eigenvalue weighted by Gasteiger charge is -2.05. The quantitative estimate of drug-likeness (QED) is 0.345. The van der Waals surface area contributed by atoms with Crippen molar-refractivity contribution >= 4 is 29.9 Å². The summed E-state index contributed by atoms with van der Waals surface area (Å²) in [5, 5.41) is 2.86. The van der Waals surface area contributed by atoms with E-state index in [1.807, 2.05) is 0 Å². The molecule has 19 heavy (non-hydrogen) atoms. The van der Waals surface area contributed by atoms with Crippen LogP contribution in [0.2, 0.25) is 0 Å². The van der Waals surface area contributed by atoms with E-state index in [-0.39, 0.29) is 36.4 Å². The van der Waals surface area contributed by atoms with E-state index in [2.05, 4.69) is 16.9 Å². The largest absolute Gasteiger partial charge is 0.380 e. The molecule has 0 aliphatic heterocycles. The summed E-state index contributed by atoms with van der Waals surface area (Å²) in [6.45, 7) is 4.77. The molecular formula is C13H19FIN3O. The lowest BCUT2D eigenvalue weighted by Crippen LogP contribution is -2.31. The summed E-state index contributed by atoms with van der Waals surface area (Å²) >= 11 is 0. The van der Waals surface area contributed by atoms with Crippen LogP contribution in [0, 0.1) is 5.82 Å². The van der Waals surface area contributed by atoms with Crippen molar-refractivity contribution in [2.24, 2.45) is 10.7 Å². The summed E-state index contributed by atoms with van der Waals surface area (Å²) in [4.78, 5) is 4.14. The molecule has 0 unspecified atom stereocenters. The molecule has 4 nitrogen and oxygen atoms in total. The molecule has 0 heterocycles. The summed E-state index contributed by atoms with van der Waals surface area (Å²) in [6, 6.07) is 4.81. The molecule has 1 aromatic carbocycles. The second-order valence-corrected chi connectivity index (χ2v) is 3.73. The molecule has 1 aromatic rings. The van der Waals surface area contributed by atoms with Gasteiger partial charge in [-0.3, -0.25) is 0 Å². The van der Waals surface area contributed by atoms with Crippen LogP contribution in [0.15, 0.2) is 35.8 Å². The number of halogens is 2. The SMILES string of the molecule is C=CCNC(N)=NCc1ccc(F)c(COC)c1.I. The van der Waals surface area contributed by atoms with Crippen LogP contribution < -0.4 is 11.1 Å². The van der Waals surface area contributed by atoms with Crippen molar-refractivity contribution in [2.45, 2.75) is 13.2 Å². The zero-order chi connectivity index (χ0) is 13.4. The minimum absolute atomic E-state index is 0. The van der Waals surface area contributed by atoms with Gasteiger partial charge in [0.2, 0.25) is 0 Å². The highest BCUT2D eigenvalue weighted by Crippen LogP contribution is 2.12. The summed E-state index contributed by atoms with van der Waals surface area (Å²) in [5.74, 6) is 0.0647. The van der Waals surface area contributed by atoms with Gasteiger partial charge in [-0.15, -0.1) is 30.6 Å². The Hall–Kier alpha value is -1.15. The molecule has 106 valence electrons. The fourth-order valence-electron chi connectivity index (χ4n) is 1.40. The monoisotopic (exact) mass is 379 g/mol. The summed E-state index contributed by atoms with van der Waals surface area (Å²) in [5.41, 5.74) is 7.02. The van der Waals surface area contributed by atoms with Crippen LogP contribution in [-0.4, -0.2) is 19.6 Å². The highest BCUT2D eigenvalue weighted by atomic mass is 127. The number of benzene rings is 1. The molecule has 0 spiro atoms. The van der Waals surface area contributed by atoms with Gasteiger partial charge in [-0.2, -0.15) is 0 Å². The van der Waals surface area contributed by atoms with E-state index >= 15 is 0 Å². The smallest absolute Gasteiger partial charge is 0.189 e. The molecule has 3 N–H and O–H groups in total. The van der Waals surface area contributed by atoms with Crippen molar-refractivity contribution in [2.75, 3.05) is 13.7 Å². The normalized spacial score (nSPS) is 10.7. The molecule has 0 bridgehead atoms. The predicted octanol–water partition coefficient (Wildman–Crippen LogP) is 2.18. The van der Waals surface area contributed by atoms with Gasteiger partial charge in [0.15, 0.2) is 5.96 Å². The Balaban J connectivity index is 0.00000324. The fraction of sp³-hybridized carbons (Fsp3) is 0.308. The zero-order valence-electron chi connectivity index (χ0n) is 10.9. The Kier molecular flexibility index (Phi) is 9.15. The highest BCUT2D eigenvalue weighted by Gasteiger charge is 2.03. The molecule has 0 aliphatic carbocycles. The average Bonchev–Trinajstić information content (AvgIpc) is 2.37. The number of nitrogens with one attached hydrogen (secondary N) is 1. The van der Waals surface area contributed by atoms with Gasteiger partial charge in [-0.05, 0) is 17.7 Å². The van der Waals surface area contributed by atoms with Crippen molar-refractivity contribution < 1.29 is 9.13 Å². The molecular weight excluding hydrogens is 360 g/mol. The standard InChI is InChI=1S/C13H18FN3O.HI/c1-3-6-16-13(15)17-8-10-4-5-12(14)11(7-10)9-18-2;/h3-5,7H,1,6,8-9H2,2H3,(H3,15,16,17);1H. The van der Waals surface area contributed by atoms with Crippen molar-refractivity contribution in [3.05, 3.63) is 47.8 Å². The maximum Gasteiger partial charge on any atom is 0.189 e. The van der Waals surface area contributed by atoms with Gasteiger partial charge in [0, 0.05) is 19.2 Å². The van der Waals surface area contributed by atoms with Crippen LogP contribution in [-0.2, 0) is 17.9 Å². The molecule has 0 saturated heterocycles. The van der Waals surface area contributed by atoms with E-state index in [4.69, 9.17) is 10.5 Å². The number of guanidine groups is 1. The average molecular weight is 379 g/mol. The molecule has 0 aromatic heterocycles. The Morgan fingerprint density at radius 1 is 1.58 bits per heavy atom. The number of rotatable bonds is 6. The fourth-order valence-corrected chi connectivity index (χ4v) is 1.40. The van der Waals surface area contributed by atoms with Crippen LogP contribution in [0.25, 0.3) is 0 Å². The van der Waals surface area contributed by atoms with Gasteiger partial charge in [0.1, 0.15) is 5.82 Å². The van der Waals surface area contributed by atoms with E-state index in [0.29, 0.717) is 24.6 Å². The minimum Gasteiger partial charge on any atom is -0.380 e. The number of nitrogens with two attached hydrogens (primary N) is 1. The Bertz CT molecular complexity index is 438. The second kappa shape index (κ2) is 9.74. The van der Waals surface area contributed by atoms with Gasteiger partial charge in [0.25, 0.3) is 0 Å². The first-order valence-electron chi connectivity index (χ1n) is 5.58. The van der Waals surface area contributed by atoms with Crippen LogP contribution in [0.3, 0.4) is 0 Å². The number of nitrogens with zero attached hydrogens (tertiary/aromatic N) is 1. The number of ether oxygens (including phenoxy) is 1. The van der Waals surface area contributed by atoms with Crippen LogP contribution in [0.4, 0.5) is 4.39 Å². The van der Waals surface area contributed by atoms with Gasteiger partial charge < -0.3 is 15.8 Å².